The van der Waals surface area contributed by atoms with Crippen molar-refractivity contribution in [1.29, 1.82) is 0 Å². The summed E-state index contributed by atoms with van der Waals surface area (Å²) in [6.45, 7) is 6.47. The number of carbonyl (C=O) groups is 1. The molecule has 2 heterocycles. The lowest BCUT2D eigenvalue weighted by atomic mass is 9.94. The summed E-state index contributed by atoms with van der Waals surface area (Å²) in [4.78, 5) is 29.0. The monoisotopic (exact) mass is 427 g/mol. The number of benzene rings is 1. The van der Waals surface area contributed by atoms with Gasteiger partial charge in [-0.2, -0.15) is 0 Å². The van der Waals surface area contributed by atoms with Crippen molar-refractivity contribution in [2.24, 2.45) is 5.92 Å². The number of aryl methyl sites for hydroxylation is 1. The smallest absolute Gasteiger partial charge is 0.334 e. The Morgan fingerprint density at radius 2 is 1.94 bits per heavy atom. The number of hydrogen-bond donors (Lipinski definition) is 1. The summed E-state index contributed by atoms with van der Waals surface area (Å²) in [5, 5.41) is 2.50. The summed E-state index contributed by atoms with van der Waals surface area (Å²) in [6, 6.07) is 8.99. The van der Waals surface area contributed by atoms with Crippen LogP contribution in [0.2, 0.25) is 0 Å². The van der Waals surface area contributed by atoms with Gasteiger partial charge in [-0.3, -0.25) is 9.32 Å². The number of piperidine rings is 1. The van der Waals surface area contributed by atoms with E-state index in [-0.39, 0.29) is 12.5 Å². The van der Waals surface area contributed by atoms with Crippen LogP contribution in [0.1, 0.15) is 49.7 Å². The predicted octanol–water partition coefficient (Wildman–Crippen LogP) is 2.29. The minimum Gasteiger partial charge on any atom is -0.334 e. The van der Waals surface area contributed by atoms with Crippen LogP contribution in [0.4, 0.5) is 0 Å². The van der Waals surface area contributed by atoms with Crippen LogP contribution < -0.4 is 10.3 Å². The maximum atomic E-state index is 13.1. The summed E-state index contributed by atoms with van der Waals surface area (Å²) >= 11 is 0. The molecule has 31 heavy (non-hydrogen) atoms. The number of nitrogens with one attached hydrogen (secondary N) is 1. The van der Waals surface area contributed by atoms with Crippen LogP contribution in [0.3, 0.4) is 0 Å². The molecule has 1 aliphatic heterocycles. The number of carbonyl (C=O) groups excluding carboxylic acids is 1. The Bertz CT molecular complexity index is 907. The highest BCUT2D eigenvalue weighted by Gasteiger charge is 2.32. The lowest BCUT2D eigenvalue weighted by Gasteiger charge is -2.36. The van der Waals surface area contributed by atoms with Crippen LogP contribution in [0.25, 0.3) is 0 Å². The van der Waals surface area contributed by atoms with E-state index in [1.165, 1.54) is 34.8 Å². The number of H-pyrrole nitrogens is 1. The van der Waals surface area contributed by atoms with Crippen molar-refractivity contribution in [1.82, 2.24) is 15.1 Å². The molecule has 1 N–H and O–H groups in total. The molecule has 0 atom stereocenters. The number of aromatic nitrogens is 2. The molecule has 1 aliphatic carbocycles. The molecule has 1 saturated carbocycles. The number of aromatic amines is 1. The van der Waals surface area contributed by atoms with Gasteiger partial charge in [0.15, 0.2) is 0 Å². The zero-order valence-electron chi connectivity index (χ0n) is 18.6. The van der Waals surface area contributed by atoms with Gasteiger partial charge >= 0.3 is 5.63 Å². The molecule has 168 valence electrons. The number of rotatable bonds is 8. The zero-order chi connectivity index (χ0) is 21.6. The second kappa shape index (κ2) is 10.3. The first-order chi connectivity index (χ1) is 15.1. The van der Waals surface area contributed by atoms with Gasteiger partial charge in [-0.1, -0.05) is 41.8 Å². The van der Waals surface area contributed by atoms with Crippen molar-refractivity contribution in [3.05, 3.63) is 52.0 Å². The van der Waals surface area contributed by atoms with E-state index in [4.69, 9.17) is 4.52 Å². The zero-order valence-corrected chi connectivity index (χ0v) is 18.6. The van der Waals surface area contributed by atoms with Crippen LogP contribution in [-0.4, -0.2) is 53.2 Å². The molecular formula is C24H35N4O3+. The molecule has 0 bridgehead atoms. The Morgan fingerprint density at radius 3 is 2.61 bits per heavy atom. The van der Waals surface area contributed by atoms with Gasteiger partial charge in [-0.15, -0.1) is 0 Å². The molecule has 1 aromatic heterocycles. The molecule has 2 aromatic rings. The van der Waals surface area contributed by atoms with Gasteiger partial charge in [0, 0.05) is 19.1 Å². The van der Waals surface area contributed by atoms with E-state index in [2.05, 4.69) is 46.3 Å². The Hall–Kier alpha value is -2.41. The Labute approximate surface area is 184 Å². The van der Waals surface area contributed by atoms with E-state index in [1.807, 2.05) is 0 Å². The van der Waals surface area contributed by atoms with Crippen molar-refractivity contribution in [3.8, 4) is 0 Å². The quantitative estimate of drug-likeness (QED) is 0.656. The van der Waals surface area contributed by atoms with Crippen LogP contribution in [0, 0.1) is 12.8 Å². The lowest BCUT2D eigenvalue weighted by Crippen LogP contribution is -2.51. The second-order valence-corrected chi connectivity index (χ2v) is 9.22. The van der Waals surface area contributed by atoms with Gasteiger partial charge in [0.2, 0.25) is 0 Å². The van der Waals surface area contributed by atoms with Gasteiger partial charge < -0.3 is 9.80 Å². The predicted molar refractivity (Wildman–Crippen MR) is 118 cm³/mol. The van der Waals surface area contributed by atoms with Crippen molar-refractivity contribution < 1.29 is 14.0 Å². The van der Waals surface area contributed by atoms with E-state index in [9.17, 15) is 9.59 Å². The molecular weight excluding hydrogens is 392 g/mol. The minimum atomic E-state index is -0.460. The summed E-state index contributed by atoms with van der Waals surface area (Å²) in [6.07, 6.45) is 9.26. The van der Waals surface area contributed by atoms with E-state index >= 15 is 0 Å². The molecule has 1 saturated heterocycles. The van der Waals surface area contributed by atoms with Crippen molar-refractivity contribution in [3.63, 3.8) is 0 Å². The normalized spacial score (nSPS) is 18.5. The minimum absolute atomic E-state index is 0.0796. The third-order valence-electron chi connectivity index (χ3n) is 7.04. The Kier molecular flexibility index (Phi) is 7.22. The van der Waals surface area contributed by atoms with Crippen LogP contribution in [0.5, 0.6) is 0 Å². The maximum Gasteiger partial charge on any atom is 0.426 e. The van der Waals surface area contributed by atoms with Crippen molar-refractivity contribution in [2.45, 2.75) is 64.5 Å². The van der Waals surface area contributed by atoms with Crippen LogP contribution >= 0.6 is 0 Å². The van der Waals surface area contributed by atoms with Crippen LogP contribution in [-0.2, 0) is 17.8 Å². The van der Waals surface area contributed by atoms with Gasteiger partial charge in [0.1, 0.15) is 0 Å². The summed E-state index contributed by atoms with van der Waals surface area (Å²) < 4.78 is 6.15. The summed E-state index contributed by atoms with van der Waals surface area (Å²) in [5.41, 5.74) is 2.36. The fraction of sp³-hybridized carbons (Fsp3) is 0.625. The highest BCUT2D eigenvalue weighted by Crippen LogP contribution is 2.27. The largest absolute Gasteiger partial charge is 0.426 e. The number of hydrogen-bond acceptors (Lipinski definition) is 4. The van der Waals surface area contributed by atoms with Gasteiger partial charge in [0.05, 0.1) is 0 Å². The Balaban J connectivity index is 1.29. The molecule has 1 aromatic carbocycles. The Morgan fingerprint density at radius 1 is 1.19 bits per heavy atom. The topological polar surface area (TPSA) is 73.4 Å². The standard InChI is InChI=1S/C24H34N4O3/c1-19-6-2-3-7-21(19)12-15-26-13-10-20(11-14-26)16-28(22-8-4-5-9-22)23(29)17-27-18-24(30)31-25-27/h2-3,6-7,18,20,22H,4-5,8-17H2,1H3/p+1. The fourth-order valence-electron chi connectivity index (χ4n) is 5.11. The molecule has 7 heteroatoms. The lowest BCUT2D eigenvalue weighted by molar-refractivity contribution is -0.751. The number of nitrogens with zero attached hydrogens (tertiary/aromatic N) is 3. The van der Waals surface area contributed by atoms with Crippen molar-refractivity contribution >= 4 is 5.91 Å². The molecule has 2 aliphatic rings. The summed E-state index contributed by atoms with van der Waals surface area (Å²) in [5.74, 6) is 0.628. The first kappa shape index (κ1) is 21.8. The van der Waals surface area contributed by atoms with E-state index < -0.39 is 5.63 Å². The third kappa shape index (κ3) is 5.85. The highest BCUT2D eigenvalue weighted by molar-refractivity contribution is 5.75. The maximum absolute atomic E-state index is 13.1. The van der Waals surface area contributed by atoms with Crippen LogP contribution in [0.15, 0.2) is 39.8 Å². The molecule has 4 rings (SSSR count). The fourth-order valence-corrected chi connectivity index (χ4v) is 5.11. The summed E-state index contributed by atoms with van der Waals surface area (Å²) in [7, 11) is 0. The number of likely N-dealkylation sites (tertiary alicyclic amines) is 1. The third-order valence-corrected chi connectivity index (χ3v) is 7.04. The van der Waals surface area contributed by atoms with E-state index in [0.29, 0.717) is 12.0 Å². The average molecular weight is 428 g/mol. The average Bonchev–Trinajstić information content (AvgIpc) is 3.44. The van der Waals surface area contributed by atoms with Crippen molar-refractivity contribution in [2.75, 3.05) is 26.2 Å². The van der Waals surface area contributed by atoms with E-state index in [1.54, 1.807) is 0 Å². The molecule has 0 spiro atoms. The molecule has 2 fully saturated rings. The SMILES string of the molecule is Cc1ccccc1CCN1CCC(CN(C(=O)C[n+]2cc(=O)o[nH]2)C2CCCC2)CC1. The first-order valence-corrected chi connectivity index (χ1v) is 11.7. The van der Waals surface area contributed by atoms with Gasteiger partial charge in [-0.05, 0) is 74.4 Å². The molecule has 0 unspecified atom stereocenters. The molecule has 1 amide bonds. The van der Waals surface area contributed by atoms with E-state index in [0.717, 1.165) is 58.3 Å². The first-order valence-electron chi connectivity index (χ1n) is 11.7. The number of amides is 1. The highest BCUT2D eigenvalue weighted by atomic mass is 16.5. The molecule has 0 radical (unpaired) electrons. The second-order valence-electron chi connectivity index (χ2n) is 9.22. The van der Waals surface area contributed by atoms with Gasteiger partial charge in [-0.25, -0.2) is 4.79 Å². The molecule has 7 nitrogen and oxygen atoms in total. The van der Waals surface area contributed by atoms with Gasteiger partial charge in [0.25, 0.3) is 18.6 Å².